The Bertz CT molecular complexity index is 387. The average molecular weight is 265 g/mol. The monoisotopic (exact) mass is 265 g/mol. The predicted molar refractivity (Wildman–Crippen MR) is 77.2 cm³/mol. The number of aromatic nitrogens is 2. The van der Waals surface area contributed by atoms with Crippen LogP contribution in [0.1, 0.15) is 50.4 Å². The lowest BCUT2D eigenvalue weighted by Gasteiger charge is -2.23. The lowest BCUT2D eigenvalue weighted by Crippen LogP contribution is -2.28. The SMILES string of the molecule is CC(C)CCOCCNC1CCCc2c1cnn2C. The van der Waals surface area contributed by atoms with E-state index in [2.05, 4.69) is 24.3 Å². The van der Waals surface area contributed by atoms with E-state index >= 15 is 0 Å². The maximum atomic E-state index is 5.65. The fourth-order valence-corrected chi connectivity index (χ4v) is 2.64. The van der Waals surface area contributed by atoms with Gasteiger partial charge < -0.3 is 10.1 Å². The first-order chi connectivity index (χ1) is 9.18. The molecule has 1 aromatic heterocycles. The standard InChI is InChI=1S/C15H27N3O/c1-12(2)7-9-19-10-8-16-14-5-4-6-15-13(14)11-17-18(15)3/h11-12,14,16H,4-10H2,1-3H3. The zero-order valence-electron chi connectivity index (χ0n) is 12.5. The molecule has 1 aliphatic carbocycles. The molecule has 0 spiro atoms. The van der Waals surface area contributed by atoms with Gasteiger partial charge in [-0.3, -0.25) is 4.68 Å². The van der Waals surface area contributed by atoms with E-state index in [9.17, 15) is 0 Å². The number of nitrogens with zero attached hydrogens (tertiary/aromatic N) is 2. The van der Waals surface area contributed by atoms with Gasteiger partial charge in [0.25, 0.3) is 0 Å². The molecule has 0 amide bonds. The molecule has 1 heterocycles. The molecule has 1 N–H and O–H groups in total. The lowest BCUT2D eigenvalue weighted by molar-refractivity contribution is 0.123. The zero-order valence-corrected chi connectivity index (χ0v) is 12.5. The smallest absolute Gasteiger partial charge is 0.0591 e. The van der Waals surface area contributed by atoms with Gasteiger partial charge in [-0.05, 0) is 31.6 Å². The van der Waals surface area contributed by atoms with Crippen LogP contribution in [0.25, 0.3) is 0 Å². The fourth-order valence-electron chi connectivity index (χ4n) is 2.64. The second-order valence-corrected chi connectivity index (χ2v) is 5.86. The summed E-state index contributed by atoms with van der Waals surface area (Å²) in [5, 5.41) is 7.97. The van der Waals surface area contributed by atoms with Gasteiger partial charge in [0.15, 0.2) is 0 Å². The fraction of sp³-hybridized carbons (Fsp3) is 0.800. The Balaban J connectivity index is 1.70. The number of hydrogen-bond acceptors (Lipinski definition) is 3. The van der Waals surface area contributed by atoms with Crippen molar-refractivity contribution in [3.8, 4) is 0 Å². The summed E-state index contributed by atoms with van der Waals surface area (Å²) >= 11 is 0. The van der Waals surface area contributed by atoms with Crippen LogP contribution in [0.5, 0.6) is 0 Å². The Morgan fingerprint density at radius 2 is 2.32 bits per heavy atom. The van der Waals surface area contributed by atoms with Gasteiger partial charge in [0.2, 0.25) is 0 Å². The van der Waals surface area contributed by atoms with E-state index in [1.54, 1.807) is 0 Å². The normalized spacial score (nSPS) is 18.8. The van der Waals surface area contributed by atoms with Crippen LogP contribution in [0.4, 0.5) is 0 Å². The van der Waals surface area contributed by atoms with Crippen molar-refractivity contribution in [1.82, 2.24) is 15.1 Å². The molecule has 0 bridgehead atoms. The molecule has 4 heteroatoms. The molecule has 0 radical (unpaired) electrons. The van der Waals surface area contributed by atoms with E-state index in [4.69, 9.17) is 4.74 Å². The van der Waals surface area contributed by atoms with Gasteiger partial charge in [-0.25, -0.2) is 0 Å². The highest BCUT2D eigenvalue weighted by atomic mass is 16.5. The maximum Gasteiger partial charge on any atom is 0.0591 e. The Hall–Kier alpha value is -0.870. The Labute approximate surface area is 116 Å². The van der Waals surface area contributed by atoms with Gasteiger partial charge in [0.05, 0.1) is 12.8 Å². The molecule has 0 fully saturated rings. The molecule has 0 saturated carbocycles. The van der Waals surface area contributed by atoms with E-state index in [-0.39, 0.29) is 0 Å². The third-order valence-corrected chi connectivity index (χ3v) is 3.85. The van der Waals surface area contributed by atoms with Crippen molar-refractivity contribution < 1.29 is 4.74 Å². The Morgan fingerprint density at radius 3 is 3.11 bits per heavy atom. The van der Waals surface area contributed by atoms with Crippen molar-refractivity contribution in [3.05, 3.63) is 17.5 Å². The van der Waals surface area contributed by atoms with Gasteiger partial charge in [-0.2, -0.15) is 5.10 Å². The maximum absolute atomic E-state index is 5.65. The van der Waals surface area contributed by atoms with Crippen molar-refractivity contribution in [2.24, 2.45) is 13.0 Å². The number of rotatable bonds is 7. The average Bonchev–Trinajstić information content (AvgIpc) is 2.76. The summed E-state index contributed by atoms with van der Waals surface area (Å²) in [7, 11) is 2.04. The Morgan fingerprint density at radius 1 is 1.47 bits per heavy atom. The highest BCUT2D eigenvalue weighted by Gasteiger charge is 2.22. The highest BCUT2D eigenvalue weighted by molar-refractivity contribution is 5.24. The molecule has 0 aromatic carbocycles. The summed E-state index contributed by atoms with van der Waals surface area (Å²) in [6.45, 7) is 7.07. The van der Waals surface area contributed by atoms with Crippen molar-refractivity contribution in [2.45, 2.75) is 45.6 Å². The highest BCUT2D eigenvalue weighted by Crippen LogP contribution is 2.28. The van der Waals surface area contributed by atoms with Crippen LogP contribution in [0.2, 0.25) is 0 Å². The van der Waals surface area contributed by atoms with Gasteiger partial charge in [0.1, 0.15) is 0 Å². The molecule has 19 heavy (non-hydrogen) atoms. The summed E-state index contributed by atoms with van der Waals surface area (Å²) in [6, 6.07) is 0.464. The minimum Gasteiger partial charge on any atom is -0.380 e. The first-order valence-corrected chi connectivity index (χ1v) is 7.50. The van der Waals surface area contributed by atoms with Gasteiger partial charge >= 0.3 is 0 Å². The number of nitrogens with one attached hydrogen (secondary N) is 1. The minimum absolute atomic E-state index is 0.464. The van der Waals surface area contributed by atoms with Crippen LogP contribution in [0, 0.1) is 5.92 Å². The number of fused-ring (bicyclic) bond motifs is 1. The van der Waals surface area contributed by atoms with E-state index in [0.29, 0.717) is 6.04 Å². The van der Waals surface area contributed by atoms with Gasteiger partial charge in [-0.1, -0.05) is 13.8 Å². The molecule has 1 aromatic rings. The molecular formula is C15H27N3O. The second kappa shape index (κ2) is 7.06. The topological polar surface area (TPSA) is 39.1 Å². The first-order valence-electron chi connectivity index (χ1n) is 7.50. The van der Waals surface area contributed by atoms with E-state index in [1.165, 1.54) is 24.1 Å². The molecular weight excluding hydrogens is 238 g/mol. The van der Waals surface area contributed by atoms with Crippen LogP contribution in [0.15, 0.2) is 6.20 Å². The minimum atomic E-state index is 0.464. The van der Waals surface area contributed by atoms with Gasteiger partial charge in [0, 0.05) is 37.5 Å². The van der Waals surface area contributed by atoms with Crippen LogP contribution >= 0.6 is 0 Å². The summed E-state index contributed by atoms with van der Waals surface area (Å²) < 4.78 is 7.66. The second-order valence-electron chi connectivity index (χ2n) is 5.86. The summed E-state index contributed by atoms with van der Waals surface area (Å²) in [5.74, 6) is 0.726. The molecule has 0 aliphatic heterocycles. The first kappa shape index (κ1) is 14.5. The van der Waals surface area contributed by atoms with Crippen molar-refractivity contribution in [1.29, 1.82) is 0 Å². The predicted octanol–water partition coefficient (Wildman–Crippen LogP) is 2.45. The molecule has 2 rings (SSSR count). The number of hydrogen-bond donors (Lipinski definition) is 1. The van der Waals surface area contributed by atoms with Crippen LogP contribution < -0.4 is 5.32 Å². The van der Waals surface area contributed by atoms with E-state index < -0.39 is 0 Å². The molecule has 0 saturated heterocycles. The third-order valence-electron chi connectivity index (χ3n) is 3.85. The quantitative estimate of drug-likeness (QED) is 0.770. The Kier molecular flexibility index (Phi) is 5.40. The van der Waals surface area contributed by atoms with E-state index in [1.807, 2.05) is 17.9 Å². The largest absolute Gasteiger partial charge is 0.380 e. The number of ether oxygens (including phenoxy) is 1. The van der Waals surface area contributed by atoms with Crippen molar-refractivity contribution >= 4 is 0 Å². The molecule has 1 atom stereocenters. The van der Waals surface area contributed by atoms with Crippen molar-refractivity contribution in [2.75, 3.05) is 19.8 Å². The molecule has 1 unspecified atom stereocenters. The lowest BCUT2D eigenvalue weighted by atomic mass is 9.93. The van der Waals surface area contributed by atoms with Crippen LogP contribution in [-0.2, 0) is 18.2 Å². The summed E-state index contributed by atoms with van der Waals surface area (Å²) in [6.07, 6.45) is 6.79. The third kappa shape index (κ3) is 4.05. The van der Waals surface area contributed by atoms with E-state index in [0.717, 1.165) is 38.5 Å². The van der Waals surface area contributed by atoms with Gasteiger partial charge in [-0.15, -0.1) is 0 Å². The summed E-state index contributed by atoms with van der Waals surface area (Å²) in [4.78, 5) is 0. The molecule has 4 nitrogen and oxygen atoms in total. The molecule has 1 aliphatic rings. The van der Waals surface area contributed by atoms with Crippen LogP contribution in [-0.4, -0.2) is 29.5 Å². The van der Waals surface area contributed by atoms with Crippen LogP contribution in [0.3, 0.4) is 0 Å². The zero-order chi connectivity index (χ0) is 13.7. The molecule has 108 valence electrons. The number of aryl methyl sites for hydroxylation is 1. The summed E-state index contributed by atoms with van der Waals surface area (Å²) in [5.41, 5.74) is 2.78. The van der Waals surface area contributed by atoms with Crippen molar-refractivity contribution in [3.63, 3.8) is 0 Å².